The van der Waals surface area contributed by atoms with Crippen molar-refractivity contribution in [2.75, 3.05) is 32.9 Å². The van der Waals surface area contributed by atoms with Gasteiger partial charge in [0.1, 0.15) is 17.9 Å². The summed E-state index contributed by atoms with van der Waals surface area (Å²) in [5, 5.41) is 4.39. The topological polar surface area (TPSA) is 43.4 Å². The van der Waals surface area contributed by atoms with Crippen LogP contribution in [0.4, 0.5) is 0 Å². The van der Waals surface area contributed by atoms with Gasteiger partial charge >= 0.3 is 0 Å². The van der Waals surface area contributed by atoms with Gasteiger partial charge in [-0.15, -0.1) is 0 Å². The largest absolute Gasteiger partial charge is 0.490 e. The van der Waals surface area contributed by atoms with Crippen LogP contribution in [0.2, 0.25) is 0 Å². The van der Waals surface area contributed by atoms with E-state index in [2.05, 4.69) is 22.4 Å². The lowest BCUT2D eigenvalue weighted by molar-refractivity contribution is 0.148. The molecular formula is C16H22N2O2. The molecule has 2 aromatic rings. The van der Waals surface area contributed by atoms with Gasteiger partial charge in [0.2, 0.25) is 0 Å². The van der Waals surface area contributed by atoms with Crippen molar-refractivity contribution in [3.63, 3.8) is 0 Å². The molecule has 20 heavy (non-hydrogen) atoms. The highest BCUT2D eigenvalue weighted by atomic mass is 16.5. The van der Waals surface area contributed by atoms with E-state index in [0.717, 1.165) is 48.6 Å². The molecule has 0 saturated carbocycles. The third-order valence-electron chi connectivity index (χ3n) is 2.99. The molecule has 0 aliphatic rings. The number of ether oxygens (including phenoxy) is 2. The van der Waals surface area contributed by atoms with E-state index >= 15 is 0 Å². The molecule has 2 rings (SSSR count). The maximum atomic E-state index is 5.82. The molecule has 0 amide bonds. The Hall–Kier alpha value is -1.65. The van der Waals surface area contributed by atoms with Crippen molar-refractivity contribution in [3.8, 4) is 5.75 Å². The lowest BCUT2D eigenvalue weighted by Crippen LogP contribution is -2.25. The smallest absolute Gasteiger partial charge is 0.145 e. The number of benzene rings is 1. The normalized spacial score (nSPS) is 10.9. The van der Waals surface area contributed by atoms with Gasteiger partial charge in [0, 0.05) is 30.8 Å². The Kier molecular flexibility index (Phi) is 5.77. The van der Waals surface area contributed by atoms with Crippen LogP contribution in [-0.4, -0.2) is 37.9 Å². The second-order valence-corrected chi connectivity index (χ2v) is 4.58. The molecule has 4 nitrogen and oxygen atoms in total. The first-order valence-electron chi connectivity index (χ1n) is 7.09. The summed E-state index contributed by atoms with van der Waals surface area (Å²) in [5.74, 6) is 0.845. The van der Waals surface area contributed by atoms with E-state index in [9.17, 15) is 0 Å². The van der Waals surface area contributed by atoms with Crippen LogP contribution in [-0.2, 0) is 4.74 Å². The summed E-state index contributed by atoms with van der Waals surface area (Å²) in [7, 11) is 0. The SMILES string of the molecule is CCOCCNCCOc1cccc2ccc(C)nc12. The van der Waals surface area contributed by atoms with Crippen LogP contribution in [0, 0.1) is 6.92 Å². The number of rotatable bonds is 8. The minimum Gasteiger partial charge on any atom is -0.490 e. The number of hydrogen-bond acceptors (Lipinski definition) is 4. The van der Waals surface area contributed by atoms with Crippen LogP contribution < -0.4 is 10.1 Å². The third-order valence-corrected chi connectivity index (χ3v) is 2.99. The average molecular weight is 274 g/mol. The van der Waals surface area contributed by atoms with Gasteiger partial charge < -0.3 is 14.8 Å². The maximum absolute atomic E-state index is 5.82. The molecule has 1 aromatic carbocycles. The van der Waals surface area contributed by atoms with Crippen molar-refractivity contribution in [1.29, 1.82) is 0 Å². The van der Waals surface area contributed by atoms with E-state index in [1.54, 1.807) is 0 Å². The molecule has 1 aromatic heterocycles. The standard InChI is InChI=1S/C16H22N2O2/c1-3-19-11-9-17-10-12-20-15-6-4-5-14-8-7-13(2)18-16(14)15/h4-8,17H,3,9-12H2,1-2H3. The first-order valence-corrected chi connectivity index (χ1v) is 7.09. The Morgan fingerprint density at radius 2 is 1.95 bits per heavy atom. The predicted molar refractivity (Wildman–Crippen MR) is 81.3 cm³/mol. The molecule has 0 spiro atoms. The minimum absolute atomic E-state index is 0.626. The molecule has 1 N–H and O–H groups in total. The van der Waals surface area contributed by atoms with Gasteiger partial charge in [-0.25, -0.2) is 4.98 Å². The summed E-state index contributed by atoms with van der Waals surface area (Å²) in [4.78, 5) is 4.55. The summed E-state index contributed by atoms with van der Waals surface area (Å²) < 4.78 is 11.1. The van der Waals surface area contributed by atoms with E-state index in [1.807, 2.05) is 32.0 Å². The van der Waals surface area contributed by atoms with Gasteiger partial charge in [0.05, 0.1) is 6.61 Å². The lowest BCUT2D eigenvalue weighted by atomic mass is 10.2. The van der Waals surface area contributed by atoms with Gasteiger partial charge in [0.25, 0.3) is 0 Å². The van der Waals surface area contributed by atoms with Gasteiger partial charge in [0.15, 0.2) is 0 Å². The molecule has 0 saturated heterocycles. The van der Waals surface area contributed by atoms with Crippen LogP contribution in [0.3, 0.4) is 0 Å². The molecule has 0 fully saturated rings. The zero-order valence-electron chi connectivity index (χ0n) is 12.2. The number of fused-ring (bicyclic) bond motifs is 1. The van der Waals surface area contributed by atoms with Crippen LogP contribution in [0.1, 0.15) is 12.6 Å². The number of nitrogens with zero attached hydrogens (tertiary/aromatic N) is 1. The fourth-order valence-corrected chi connectivity index (χ4v) is 1.98. The van der Waals surface area contributed by atoms with Crippen molar-refractivity contribution < 1.29 is 9.47 Å². The lowest BCUT2D eigenvalue weighted by Gasteiger charge is -2.10. The number of para-hydroxylation sites is 1. The van der Waals surface area contributed by atoms with E-state index in [1.165, 1.54) is 0 Å². The number of hydrogen-bond donors (Lipinski definition) is 1. The molecule has 0 bridgehead atoms. The molecule has 1 heterocycles. The van der Waals surface area contributed by atoms with Crippen LogP contribution in [0.5, 0.6) is 5.75 Å². The summed E-state index contributed by atoms with van der Waals surface area (Å²) in [5.41, 5.74) is 1.94. The van der Waals surface area contributed by atoms with Gasteiger partial charge in [-0.3, -0.25) is 0 Å². The van der Waals surface area contributed by atoms with Crippen molar-refractivity contribution in [3.05, 3.63) is 36.0 Å². The Balaban J connectivity index is 1.85. The number of aryl methyl sites for hydroxylation is 1. The molecular weight excluding hydrogens is 252 g/mol. The predicted octanol–water partition coefficient (Wildman–Crippen LogP) is 2.55. The van der Waals surface area contributed by atoms with E-state index in [0.29, 0.717) is 6.61 Å². The number of aromatic nitrogens is 1. The number of pyridine rings is 1. The Bertz CT molecular complexity index is 543. The molecule has 0 aliphatic heterocycles. The summed E-state index contributed by atoms with van der Waals surface area (Å²) in [6.07, 6.45) is 0. The molecule has 0 aliphatic carbocycles. The van der Waals surface area contributed by atoms with Crippen molar-refractivity contribution in [1.82, 2.24) is 10.3 Å². The Morgan fingerprint density at radius 3 is 2.80 bits per heavy atom. The zero-order valence-corrected chi connectivity index (χ0v) is 12.2. The second kappa shape index (κ2) is 7.82. The molecule has 0 unspecified atom stereocenters. The molecule has 0 radical (unpaired) electrons. The highest BCUT2D eigenvalue weighted by Gasteiger charge is 2.03. The summed E-state index contributed by atoms with van der Waals surface area (Å²) in [6.45, 7) is 7.77. The van der Waals surface area contributed by atoms with Gasteiger partial charge in [-0.1, -0.05) is 18.2 Å². The van der Waals surface area contributed by atoms with E-state index < -0.39 is 0 Å². The Morgan fingerprint density at radius 1 is 1.10 bits per heavy atom. The first-order chi connectivity index (χ1) is 9.81. The molecule has 4 heteroatoms. The fraction of sp³-hybridized carbons (Fsp3) is 0.438. The van der Waals surface area contributed by atoms with Crippen molar-refractivity contribution in [2.24, 2.45) is 0 Å². The zero-order chi connectivity index (χ0) is 14.2. The van der Waals surface area contributed by atoms with Crippen LogP contribution >= 0.6 is 0 Å². The van der Waals surface area contributed by atoms with Crippen LogP contribution in [0.25, 0.3) is 10.9 Å². The van der Waals surface area contributed by atoms with E-state index in [-0.39, 0.29) is 0 Å². The van der Waals surface area contributed by atoms with Crippen molar-refractivity contribution >= 4 is 10.9 Å². The summed E-state index contributed by atoms with van der Waals surface area (Å²) in [6, 6.07) is 10.1. The summed E-state index contributed by atoms with van der Waals surface area (Å²) >= 11 is 0. The molecule has 108 valence electrons. The van der Waals surface area contributed by atoms with E-state index in [4.69, 9.17) is 9.47 Å². The van der Waals surface area contributed by atoms with Crippen molar-refractivity contribution in [2.45, 2.75) is 13.8 Å². The third kappa shape index (κ3) is 4.18. The maximum Gasteiger partial charge on any atom is 0.145 e. The van der Waals surface area contributed by atoms with Crippen LogP contribution in [0.15, 0.2) is 30.3 Å². The Labute approximate surface area is 120 Å². The van der Waals surface area contributed by atoms with Gasteiger partial charge in [-0.2, -0.15) is 0 Å². The fourth-order valence-electron chi connectivity index (χ4n) is 1.98. The first kappa shape index (κ1) is 14.8. The average Bonchev–Trinajstić information content (AvgIpc) is 2.46. The second-order valence-electron chi connectivity index (χ2n) is 4.58. The monoisotopic (exact) mass is 274 g/mol. The minimum atomic E-state index is 0.626. The van der Waals surface area contributed by atoms with Gasteiger partial charge in [-0.05, 0) is 26.0 Å². The highest BCUT2D eigenvalue weighted by molar-refractivity contribution is 5.84. The molecule has 0 atom stereocenters. The highest BCUT2D eigenvalue weighted by Crippen LogP contribution is 2.23. The quantitative estimate of drug-likeness (QED) is 0.751. The number of nitrogens with one attached hydrogen (secondary N) is 1.